The summed E-state index contributed by atoms with van der Waals surface area (Å²) in [6.45, 7) is 0. The van der Waals surface area contributed by atoms with Gasteiger partial charge in [-0.1, -0.05) is 17.7 Å². The molecule has 0 aliphatic heterocycles. The number of hydrogen-bond donors (Lipinski definition) is 2. The average molecular weight is 253 g/mol. The van der Waals surface area contributed by atoms with Crippen molar-refractivity contribution in [1.29, 1.82) is 0 Å². The molecule has 7 heteroatoms. The van der Waals surface area contributed by atoms with E-state index in [9.17, 15) is 0 Å². The van der Waals surface area contributed by atoms with Crippen LogP contribution in [0.3, 0.4) is 0 Å². The molecule has 0 aliphatic carbocycles. The van der Waals surface area contributed by atoms with Gasteiger partial charge in [0.25, 0.3) is 0 Å². The Morgan fingerprint density at radius 2 is 2.29 bits per heavy atom. The van der Waals surface area contributed by atoms with Crippen LogP contribution in [-0.2, 0) is 13.5 Å². The standard InChI is InChI=1S/C10H13ClN6/c1-17-10(14-6-15-17)4-8(16-12)7-2-3-9(11)13-5-7/h2-3,5-6,8,16H,4,12H2,1H3. The number of nitrogens with one attached hydrogen (secondary N) is 1. The van der Waals surface area contributed by atoms with Crippen LogP contribution in [0.15, 0.2) is 24.7 Å². The average Bonchev–Trinajstić information content (AvgIpc) is 2.73. The van der Waals surface area contributed by atoms with Gasteiger partial charge in [0.15, 0.2) is 0 Å². The highest BCUT2D eigenvalue weighted by Gasteiger charge is 2.13. The highest BCUT2D eigenvalue weighted by Crippen LogP contribution is 2.16. The van der Waals surface area contributed by atoms with E-state index >= 15 is 0 Å². The van der Waals surface area contributed by atoms with E-state index in [0.717, 1.165) is 11.4 Å². The van der Waals surface area contributed by atoms with Gasteiger partial charge in [-0.15, -0.1) is 0 Å². The van der Waals surface area contributed by atoms with Gasteiger partial charge >= 0.3 is 0 Å². The Balaban J connectivity index is 2.17. The third-order valence-corrected chi connectivity index (χ3v) is 2.77. The van der Waals surface area contributed by atoms with Gasteiger partial charge in [-0.25, -0.2) is 9.97 Å². The van der Waals surface area contributed by atoms with E-state index in [-0.39, 0.29) is 6.04 Å². The lowest BCUT2D eigenvalue weighted by atomic mass is 10.1. The van der Waals surface area contributed by atoms with Gasteiger partial charge < -0.3 is 0 Å². The Hall–Kier alpha value is -1.50. The molecule has 2 heterocycles. The van der Waals surface area contributed by atoms with E-state index in [4.69, 9.17) is 17.4 Å². The van der Waals surface area contributed by atoms with Gasteiger partial charge in [0, 0.05) is 19.7 Å². The van der Waals surface area contributed by atoms with Crippen LogP contribution in [-0.4, -0.2) is 19.7 Å². The Labute approximate surface area is 104 Å². The van der Waals surface area contributed by atoms with Gasteiger partial charge in [-0.05, 0) is 11.6 Å². The normalized spacial score (nSPS) is 12.6. The van der Waals surface area contributed by atoms with Crippen molar-refractivity contribution < 1.29 is 0 Å². The quantitative estimate of drug-likeness (QED) is 0.473. The van der Waals surface area contributed by atoms with Crippen LogP contribution in [0.5, 0.6) is 0 Å². The maximum absolute atomic E-state index is 5.74. The summed E-state index contributed by atoms with van der Waals surface area (Å²) in [6.07, 6.45) is 3.85. The van der Waals surface area contributed by atoms with E-state index < -0.39 is 0 Å². The minimum atomic E-state index is -0.0670. The minimum absolute atomic E-state index is 0.0670. The monoisotopic (exact) mass is 252 g/mol. The van der Waals surface area contributed by atoms with Gasteiger partial charge in [-0.2, -0.15) is 5.10 Å². The largest absolute Gasteiger partial charge is 0.271 e. The summed E-state index contributed by atoms with van der Waals surface area (Å²) in [6, 6.07) is 3.55. The zero-order chi connectivity index (χ0) is 12.3. The highest BCUT2D eigenvalue weighted by atomic mass is 35.5. The maximum Gasteiger partial charge on any atom is 0.138 e. The van der Waals surface area contributed by atoms with Crippen molar-refractivity contribution in [2.45, 2.75) is 12.5 Å². The number of pyridine rings is 1. The predicted molar refractivity (Wildman–Crippen MR) is 64.0 cm³/mol. The van der Waals surface area contributed by atoms with Crippen LogP contribution >= 0.6 is 11.6 Å². The SMILES string of the molecule is Cn1ncnc1CC(NN)c1ccc(Cl)nc1. The summed E-state index contributed by atoms with van der Waals surface area (Å²) in [5.74, 6) is 6.39. The molecule has 2 aromatic rings. The molecule has 0 amide bonds. The van der Waals surface area contributed by atoms with Crippen LogP contribution < -0.4 is 11.3 Å². The summed E-state index contributed by atoms with van der Waals surface area (Å²) < 4.78 is 1.72. The third-order valence-electron chi connectivity index (χ3n) is 2.55. The first-order chi connectivity index (χ1) is 8.20. The molecule has 2 rings (SSSR count). The molecule has 1 atom stereocenters. The first kappa shape index (κ1) is 12.0. The molecule has 0 spiro atoms. The zero-order valence-corrected chi connectivity index (χ0v) is 10.1. The van der Waals surface area contributed by atoms with E-state index in [1.165, 1.54) is 6.33 Å². The van der Waals surface area contributed by atoms with Crippen LogP contribution in [0.4, 0.5) is 0 Å². The fourth-order valence-corrected chi connectivity index (χ4v) is 1.67. The van der Waals surface area contributed by atoms with Gasteiger partial charge in [0.2, 0.25) is 0 Å². The number of hydrogen-bond acceptors (Lipinski definition) is 5. The third kappa shape index (κ3) is 2.79. The smallest absolute Gasteiger partial charge is 0.138 e. The van der Waals surface area contributed by atoms with E-state index in [2.05, 4.69) is 20.5 Å². The molecule has 0 aliphatic rings. The molecule has 3 N–H and O–H groups in total. The molecular weight excluding hydrogens is 240 g/mol. The number of nitrogens with zero attached hydrogens (tertiary/aromatic N) is 4. The summed E-state index contributed by atoms with van der Waals surface area (Å²) in [4.78, 5) is 8.18. The second kappa shape index (κ2) is 5.22. The van der Waals surface area contributed by atoms with Crippen molar-refractivity contribution in [1.82, 2.24) is 25.2 Å². The molecule has 90 valence electrons. The first-order valence-corrected chi connectivity index (χ1v) is 5.49. The number of aromatic nitrogens is 4. The van der Waals surface area contributed by atoms with Crippen molar-refractivity contribution in [3.05, 3.63) is 41.2 Å². The molecule has 0 fully saturated rings. The van der Waals surface area contributed by atoms with Crippen molar-refractivity contribution in [2.75, 3.05) is 0 Å². The topological polar surface area (TPSA) is 81.7 Å². The fourth-order valence-electron chi connectivity index (χ4n) is 1.55. The minimum Gasteiger partial charge on any atom is -0.271 e. The maximum atomic E-state index is 5.74. The Morgan fingerprint density at radius 1 is 1.47 bits per heavy atom. The van der Waals surface area contributed by atoms with Gasteiger partial charge in [-0.3, -0.25) is 16.0 Å². The molecule has 1 unspecified atom stereocenters. The Kier molecular flexibility index (Phi) is 3.68. The summed E-state index contributed by atoms with van der Waals surface area (Å²) in [7, 11) is 1.84. The summed E-state index contributed by atoms with van der Waals surface area (Å²) in [5, 5.41) is 4.47. The lowest BCUT2D eigenvalue weighted by Gasteiger charge is -2.15. The molecular formula is C10H13ClN6. The second-order valence-corrected chi connectivity index (χ2v) is 4.02. The van der Waals surface area contributed by atoms with Crippen LogP contribution in [0.2, 0.25) is 5.15 Å². The van der Waals surface area contributed by atoms with Gasteiger partial charge in [0.05, 0.1) is 6.04 Å². The lowest BCUT2D eigenvalue weighted by molar-refractivity contribution is 0.522. The molecule has 0 saturated carbocycles. The van der Waals surface area contributed by atoms with E-state index in [1.807, 2.05) is 13.1 Å². The predicted octanol–water partition coefficient (Wildman–Crippen LogP) is 0.611. The molecule has 6 nitrogen and oxygen atoms in total. The number of halogens is 1. The Morgan fingerprint density at radius 3 is 2.82 bits per heavy atom. The Bertz CT molecular complexity index is 480. The molecule has 2 aromatic heterocycles. The molecule has 0 saturated heterocycles. The summed E-state index contributed by atoms with van der Waals surface area (Å²) >= 11 is 5.74. The number of hydrazine groups is 1. The van der Waals surface area contributed by atoms with E-state index in [0.29, 0.717) is 11.6 Å². The molecule has 0 aromatic carbocycles. The van der Waals surface area contributed by atoms with Crippen molar-refractivity contribution in [2.24, 2.45) is 12.9 Å². The summed E-state index contributed by atoms with van der Waals surface area (Å²) in [5.41, 5.74) is 3.70. The van der Waals surface area contributed by atoms with Crippen LogP contribution in [0.25, 0.3) is 0 Å². The molecule has 0 radical (unpaired) electrons. The van der Waals surface area contributed by atoms with Crippen LogP contribution in [0.1, 0.15) is 17.4 Å². The fraction of sp³-hybridized carbons (Fsp3) is 0.300. The van der Waals surface area contributed by atoms with E-state index in [1.54, 1.807) is 16.9 Å². The zero-order valence-electron chi connectivity index (χ0n) is 9.34. The first-order valence-electron chi connectivity index (χ1n) is 5.11. The number of nitrogens with two attached hydrogens (primary N) is 1. The second-order valence-electron chi connectivity index (χ2n) is 3.64. The molecule has 17 heavy (non-hydrogen) atoms. The highest BCUT2D eigenvalue weighted by molar-refractivity contribution is 6.29. The van der Waals surface area contributed by atoms with Gasteiger partial charge in [0.1, 0.15) is 17.3 Å². The number of aryl methyl sites for hydroxylation is 1. The van der Waals surface area contributed by atoms with Crippen LogP contribution in [0, 0.1) is 0 Å². The lowest BCUT2D eigenvalue weighted by Crippen LogP contribution is -2.30. The van der Waals surface area contributed by atoms with Crippen molar-refractivity contribution in [3.8, 4) is 0 Å². The van der Waals surface area contributed by atoms with Crippen molar-refractivity contribution in [3.63, 3.8) is 0 Å². The molecule has 0 bridgehead atoms. The number of rotatable bonds is 4. The van der Waals surface area contributed by atoms with Crippen molar-refractivity contribution >= 4 is 11.6 Å².